The minimum atomic E-state index is -0.466. The SMILES string of the molecule is CCOC(=O)c1c(NC(=O)CSc2nccn2C)sc2c1CCN(C(=O)OCC)C2. The molecule has 162 valence electrons. The lowest BCUT2D eigenvalue weighted by molar-refractivity contribution is -0.113. The van der Waals surface area contributed by atoms with Crippen molar-refractivity contribution in [2.45, 2.75) is 32.0 Å². The highest BCUT2D eigenvalue weighted by Crippen LogP contribution is 2.38. The smallest absolute Gasteiger partial charge is 0.410 e. The van der Waals surface area contributed by atoms with Crippen LogP contribution in [0.4, 0.5) is 9.80 Å². The van der Waals surface area contributed by atoms with Gasteiger partial charge in [-0.1, -0.05) is 11.8 Å². The number of ether oxygens (including phenoxy) is 2. The van der Waals surface area contributed by atoms with Gasteiger partial charge in [-0.3, -0.25) is 4.79 Å². The molecule has 11 heteroatoms. The molecule has 0 saturated carbocycles. The zero-order valence-corrected chi connectivity index (χ0v) is 18.7. The maximum absolute atomic E-state index is 12.6. The van der Waals surface area contributed by atoms with Crippen molar-refractivity contribution in [1.29, 1.82) is 0 Å². The molecule has 0 radical (unpaired) electrons. The highest BCUT2D eigenvalue weighted by atomic mass is 32.2. The predicted molar refractivity (Wildman–Crippen MR) is 114 cm³/mol. The Labute approximate surface area is 182 Å². The number of fused-ring (bicyclic) bond motifs is 1. The number of aromatic nitrogens is 2. The van der Waals surface area contributed by atoms with Crippen LogP contribution in [-0.2, 0) is 34.3 Å². The van der Waals surface area contributed by atoms with Crippen molar-refractivity contribution in [3.8, 4) is 0 Å². The Kier molecular flexibility index (Phi) is 7.38. The van der Waals surface area contributed by atoms with E-state index in [0.717, 1.165) is 15.6 Å². The average Bonchev–Trinajstić information content (AvgIpc) is 3.28. The third kappa shape index (κ3) is 4.96. The van der Waals surface area contributed by atoms with Crippen molar-refractivity contribution >= 4 is 46.1 Å². The molecule has 0 bridgehead atoms. The summed E-state index contributed by atoms with van der Waals surface area (Å²) >= 11 is 2.61. The number of nitrogens with one attached hydrogen (secondary N) is 1. The zero-order chi connectivity index (χ0) is 21.7. The van der Waals surface area contributed by atoms with Gasteiger partial charge in [0, 0.05) is 30.9 Å². The molecule has 9 nitrogen and oxygen atoms in total. The fraction of sp³-hybridized carbons (Fsp3) is 0.474. The van der Waals surface area contributed by atoms with Crippen LogP contribution in [0.25, 0.3) is 0 Å². The van der Waals surface area contributed by atoms with Crippen LogP contribution in [0.15, 0.2) is 17.6 Å². The summed E-state index contributed by atoms with van der Waals surface area (Å²) in [6.07, 6.45) is 3.59. The van der Waals surface area contributed by atoms with Gasteiger partial charge in [0.05, 0.1) is 31.1 Å². The van der Waals surface area contributed by atoms with Gasteiger partial charge in [0.2, 0.25) is 5.91 Å². The van der Waals surface area contributed by atoms with E-state index in [2.05, 4.69) is 10.3 Å². The predicted octanol–water partition coefficient (Wildman–Crippen LogP) is 2.90. The minimum Gasteiger partial charge on any atom is -0.462 e. The van der Waals surface area contributed by atoms with Crippen LogP contribution >= 0.6 is 23.1 Å². The van der Waals surface area contributed by atoms with Crippen LogP contribution in [0.3, 0.4) is 0 Å². The molecular formula is C19H24N4O5S2. The van der Waals surface area contributed by atoms with E-state index < -0.39 is 5.97 Å². The van der Waals surface area contributed by atoms with Crippen LogP contribution in [0.1, 0.15) is 34.6 Å². The van der Waals surface area contributed by atoms with Crippen LogP contribution in [0, 0.1) is 0 Å². The van der Waals surface area contributed by atoms with E-state index in [-0.39, 0.29) is 24.4 Å². The van der Waals surface area contributed by atoms with Crippen molar-refractivity contribution < 1.29 is 23.9 Å². The molecule has 1 N–H and O–H groups in total. The first kappa shape index (κ1) is 22.2. The molecule has 0 saturated heterocycles. The Morgan fingerprint density at radius 2 is 2.03 bits per heavy atom. The maximum Gasteiger partial charge on any atom is 0.410 e. The summed E-state index contributed by atoms with van der Waals surface area (Å²) in [5.74, 6) is -0.550. The lowest BCUT2D eigenvalue weighted by atomic mass is 10.0. The largest absolute Gasteiger partial charge is 0.462 e. The number of carbonyl (C=O) groups is 3. The van der Waals surface area contributed by atoms with Crippen molar-refractivity contribution in [1.82, 2.24) is 14.5 Å². The molecule has 1 aliphatic heterocycles. The number of hydrogen-bond acceptors (Lipinski definition) is 8. The summed E-state index contributed by atoms with van der Waals surface area (Å²) in [6.45, 7) is 4.81. The number of imidazole rings is 1. The molecule has 3 rings (SSSR count). The van der Waals surface area contributed by atoms with Gasteiger partial charge in [-0.15, -0.1) is 11.3 Å². The second-order valence-corrected chi connectivity index (χ2v) is 8.50. The summed E-state index contributed by atoms with van der Waals surface area (Å²) in [7, 11) is 1.86. The number of anilines is 1. The van der Waals surface area contributed by atoms with E-state index in [1.165, 1.54) is 23.1 Å². The van der Waals surface area contributed by atoms with Gasteiger partial charge >= 0.3 is 12.1 Å². The van der Waals surface area contributed by atoms with E-state index in [4.69, 9.17) is 9.47 Å². The highest BCUT2D eigenvalue weighted by Gasteiger charge is 2.31. The van der Waals surface area contributed by atoms with E-state index in [0.29, 0.717) is 36.7 Å². The number of amides is 2. The van der Waals surface area contributed by atoms with Crippen molar-refractivity contribution in [3.05, 3.63) is 28.4 Å². The van der Waals surface area contributed by atoms with Gasteiger partial charge in [-0.2, -0.15) is 0 Å². The van der Waals surface area contributed by atoms with E-state index in [9.17, 15) is 14.4 Å². The molecule has 0 atom stereocenters. The summed E-state index contributed by atoms with van der Waals surface area (Å²) in [5, 5.41) is 4.03. The molecule has 0 fully saturated rings. The Hall–Kier alpha value is -2.53. The van der Waals surface area contributed by atoms with Gasteiger partial charge < -0.3 is 24.3 Å². The summed E-state index contributed by atoms with van der Waals surface area (Å²) in [5.41, 5.74) is 1.21. The quantitative estimate of drug-likeness (QED) is 0.509. The number of carbonyl (C=O) groups excluding carboxylic acids is 3. The number of esters is 1. The van der Waals surface area contributed by atoms with E-state index in [1.807, 2.05) is 17.8 Å². The highest BCUT2D eigenvalue weighted by molar-refractivity contribution is 7.99. The van der Waals surface area contributed by atoms with Gasteiger partial charge in [0.15, 0.2) is 5.16 Å². The molecule has 2 aromatic rings. The van der Waals surface area contributed by atoms with Gasteiger partial charge in [-0.05, 0) is 25.8 Å². The van der Waals surface area contributed by atoms with Crippen LogP contribution in [0.2, 0.25) is 0 Å². The van der Waals surface area contributed by atoms with Crippen LogP contribution in [0.5, 0.6) is 0 Å². The molecule has 0 spiro atoms. The molecule has 2 aromatic heterocycles. The third-order valence-electron chi connectivity index (χ3n) is 4.42. The molecule has 3 heterocycles. The molecule has 2 amide bonds. The second-order valence-electron chi connectivity index (χ2n) is 6.46. The average molecular weight is 453 g/mol. The van der Waals surface area contributed by atoms with Crippen molar-refractivity contribution in [3.63, 3.8) is 0 Å². The number of thiophene rings is 1. The molecule has 0 unspecified atom stereocenters. The number of aryl methyl sites for hydroxylation is 1. The number of thioether (sulfide) groups is 1. The first-order chi connectivity index (χ1) is 14.4. The fourth-order valence-corrected chi connectivity index (χ4v) is 5.07. The summed E-state index contributed by atoms with van der Waals surface area (Å²) in [6, 6.07) is 0. The van der Waals surface area contributed by atoms with Gasteiger partial charge in [-0.25, -0.2) is 14.6 Å². The van der Waals surface area contributed by atoms with Crippen molar-refractivity contribution in [2.24, 2.45) is 7.05 Å². The van der Waals surface area contributed by atoms with E-state index in [1.54, 1.807) is 24.9 Å². The lowest BCUT2D eigenvalue weighted by Gasteiger charge is -2.26. The fourth-order valence-electron chi connectivity index (χ4n) is 3.07. The topological polar surface area (TPSA) is 103 Å². The minimum absolute atomic E-state index is 0.157. The lowest BCUT2D eigenvalue weighted by Crippen LogP contribution is -2.36. The Balaban J connectivity index is 1.77. The Morgan fingerprint density at radius 3 is 2.70 bits per heavy atom. The summed E-state index contributed by atoms with van der Waals surface area (Å²) in [4.78, 5) is 43.8. The second kappa shape index (κ2) is 9.98. The third-order valence-corrected chi connectivity index (χ3v) is 6.62. The van der Waals surface area contributed by atoms with Gasteiger partial charge in [0.1, 0.15) is 5.00 Å². The normalized spacial score (nSPS) is 13.0. The number of hydrogen-bond donors (Lipinski definition) is 1. The molecule has 30 heavy (non-hydrogen) atoms. The Bertz CT molecular complexity index is 939. The number of nitrogens with zero attached hydrogens (tertiary/aromatic N) is 3. The zero-order valence-electron chi connectivity index (χ0n) is 17.1. The molecule has 0 aliphatic carbocycles. The Morgan fingerprint density at radius 1 is 1.27 bits per heavy atom. The summed E-state index contributed by atoms with van der Waals surface area (Å²) < 4.78 is 12.1. The molecular weight excluding hydrogens is 428 g/mol. The van der Waals surface area contributed by atoms with Gasteiger partial charge in [0.25, 0.3) is 0 Å². The standard InChI is InChI=1S/C19H24N4O5S2/c1-4-27-17(25)15-12-6-8-23(19(26)28-5-2)10-13(12)30-16(15)21-14(24)11-29-18-20-7-9-22(18)3/h7,9H,4-6,8,10-11H2,1-3H3,(H,21,24). The first-order valence-corrected chi connectivity index (χ1v) is 11.4. The number of rotatable bonds is 7. The molecule has 1 aliphatic rings. The monoisotopic (exact) mass is 452 g/mol. The van der Waals surface area contributed by atoms with Crippen LogP contribution < -0.4 is 5.32 Å². The maximum atomic E-state index is 12.6. The first-order valence-electron chi connectivity index (χ1n) is 9.57. The van der Waals surface area contributed by atoms with Crippen LogP contribution in [-0.4, -0.2) is 57.9 Å². The van der Waals surface area contributed by atoms with E-state index >= 15 is 0 Å². The molecule has 0 aromatic carbocycles. The van der Waals surface area contributed by atoms with Crippen molar-refractivity contribution in [2.75, 3.05) is 30.8 Å².